The zero-order chi connectivity index (χ0) is 15.0. The molecule has 1 unspecified atom stereocenters. The summed E-state index contributed by atoms with van der Waals surface area (Å²) in [6, 6.07) is 5.39. The summed E-state index contributed by atoms with van der Waals surface area (Å²) in [6.07, 6.45) is 1.23. The van der Waals surface area contributed by atoms with Crippen molar-refractivity contribution in [3.8, 4) is 0 Å². The topological polar surface area (TPSA) is 78.4 Å². The van der Waals surface area contributed by atoms with Crippen LogP contribution in [0.5, 0.6) is 0 Å². The summed E-state index contributed by atoms with van der Waals surface area (Å²) < 4.78 is 13.0. The molecule has 0 fully saturated rings. The number of rotatable bonds is 7. The van der Waals surface area contributed by atoms with E-state index in [1.54, 1.807) is 19.1 Å². The first-order valence-corrected chi connectivity index (χ1v) is 6.50. The fraction of sp³-hybridized carbons (Fsp3) is 0.429. The molecular weight excluding hydrogens is 263 g/mol. The molecular formula is C14H19FN2O3. The maximum Gasteiger partial charge on any atom is 0.315 e. The van der Waals surface area contributed by atoms with E-state index < -0.39 is 5.97 Å². The quantitative estimate of drug-likeness (QED) is 0.672. The van der Waals surface area contributed by atoms with Crippen molar-refractivity contribution in [1.82, 2.24) is 10.6 Å². The van der Waals surface area contributed by atoms with Gasteiger partial charge in [-0.05, 0) is 37.5 Å². The predicted octanol–water partition coefficient (Wildman–Crippen LogP) is 2.44. The Balaban J connectivity index is 2.26. The van der Waals surface area contributed by atoms with Crippen molar-refractivity contribution < 1.29 is 19.1 Å². The first-order valence-electron chi connectivity index (χ1n) is 6.50. The van der Waals surface area contributed by atoms with E-state index in [0.717, 1.165) is 0 Å². The molecule has 1 aromatic carbocycles. The third-order valence-corrected chi connectivity index (χ3v) is 2.80. The Morgan fingerprint density at radius 2 is 2.10 bits per heavy atom. The number of aliphatic carboxylic acids is 1. The molecule has 1 atom stereocenters. The van der Waals surface area contributed by atoms with Gasteiger partial charge in [0.2, 0.25) is 0 Å². The number of nitrogens with one attached hydrogen (secondary N) is 2. The van der Waals surface area contributed by atoms with Crippen LogP contribution >= 0.6 is 0 Å². The van der Waals surface area contributed by atoms with E-state index >= 15 is 0 Å². The Morgan fingerprint density at radius 3 is 2.75 bits per heavy atom. The SMILES string of the molecule is CC(NC(=O)NCCCCC(=O)O)c1cccc(F)c1. The van der Waals surface area contributed by atoms with Gasteiger partial charge in [0.05, 0.1) is 6.04 Å². The van der Waals surface area contributed by atoms with E-state index in [2.05, 4.69) is 10.6 Å². The summed E-state index contributed by atoms with van der Waals surface area (Å²) >= 11 is 0. The molecule has 3 N–H and O–H groups in total. The van der Waals surface area contributed by atoms with Gasteiger partial charge in [0.25, 0.3) is 0 Å². The Kier molecular flexibility index (Phi) is 6.49. The van der Waals surface area contributed by atoms with E-state index in [1.807, 2.05) is 0 Å². The molecule has 0 aliphatic heterocycles. The Morgan fingerprint density at radius 1 is 1.35 bits per heavy atom. The summed E-state index contributed by atoms with van der Waals surface area (Å²) in [7, 11) is 0. The normalized spacial score (nSPS) is 11.7. The Bertz CT molecular complexity index is 465. The fourth-order valence-corrected chi connectivity index (χ4v) is 1.71. The van der Waals surface area contributed by atoms with Gasteiger partial charge in [-0.25, -0.2) is 9.18 Å². The van der Waals surface area contributed by atoms with Crippen molar-refractivity contribution in [2.75, 3.05) is 6.54 Å². The van der Waals surface area contributed by atoms with Gasteiger partial charge in [-0.15, -0.1) is 0 Å². The first kappa shape index (κ1) is 15.9. The summed E-state index contributed by atoms with van der Waals surface area (Å²) in [4.78, 5) is 21.9. The highest BCUT2D eigenvalue weighted by molar-refractivity contribution is 5.74. The van der Waals surface area contributed by atoms with E-state index in [0.29, 0.717) is 24.9 Å². The minimum Gasteiger partial charge on any atom is -0.481 e. The molecule has 0 heterocycles. The fourth-order valence-electron chi connectivity index (χ4n) is 1.71. The van der Waals surface area contributed by atoms with Crippen LogP contribution in [-0.4, -0.2) is 23.7 Å². The van der Waals surface area contributed by atoms with Crippen LogP contribution in [-0.2, 0) is 4.79 Å². The number of hydrogen-bond acceptors (Lipinski definition) is 2. The van der Waals surface area contributed by atoms with Crippen molar-refractivity contribution in [2.45, 2.75) is 32.2 Å². The highest BCUT2D eigenvalue weighted by Gasteiger charge is 2.09. The van der Waals surface area contributed by atoms with E-state index in [4.69, 9.17) is 5.11 Å². The van der Waals surface area contributed by atoms with Gasteiger partial charge in [-0.3, -0.25) is 4.79 Å². The van der Waals surface area contributed by atoms with Crippen LogP contribution in [0.1, 0.15) is 37.8 Å². The number of carbonyl (C=O) groups is 2. The van der Waals surface area contributed by atoms with Crippen LogP contribution in [0.3, 0.4) is 0 Å². The third-order valence-electron chi connectivity index (χ3n) is 2.80. The number of unbranched alkanes of at least 4 members (excludes halogenated alkanes) is 1. The lowest BCUT2D eigenvalue weighted by atomic mass is 10.1. The third kappa shape index (κ3) is 6.17. The zero-order valence-electron chi connectivity index (χ0n) is 11.4. The zero-order valence-corrected chi connectivity index (χ0v) is 11.4. The van der Waals surface area contributed by atoms with E-state index in [9.17, 15) is 14.0 Å². The predicted molar refractivity (Wildman–Crippen MR) is 72.8 cm³/mol. The highest BCUT2D eigenvalue weighted by Crippen LogP contribution is 2.12. The van der Waals surface area contributed by atoms with Crippen LogP contribution in [0.4, 0.5) is 9.18 Å². The van der Waals surface area contributed by atoms with Crippen LogP contribution < -0.4 is 10.6 Å². The molecule has 2 amide bonds. The molecule has 1 rings (SSSR count). The molecule has 0 aromatic heterocycles. The maximum absolute atomic E-state index is 13.0. The van der Waals surface area contributed by atoms with Crippen molar-refractivity contribution in [1.29, 1.82) is 0 Å². The molecule has 0 radical (unpaired) electrons. The van der Waals surface area contributed by atoms with Gasteiger partial charge in [-0.1, -0.05) is 12.1 Å². The number of carbonyl (C=O) groups excluding carboxylic acids is 1. The molecule has 1 aromatic rings. The second-order valence-corrected chi connectivity index (χ2v) is 4.53. The molecule has 5 nitrogen and oxygen atoms in total. The van der Waals surface area contributed by atoms with Gasteiger partial charge in [0, 0.05) is 13.0 Å². The first-order chi connectivity index (χ1) is 9.49. The lowest BCUT2D eigenvalue weighted by molar-refractivity contribution is -0.137. The molecule has 110 valence electrons. The molecule has 0 spiro atoms. The lowest BCUT2D eigenvalue weighted by Crippen LogP contribution is -2.37. The lowest BCUT2D eigenvalue weighted by Gasteiger charge is -2.15. The van der Waals surface area contributed by atoms with Crippen molar-refractivity contribution in [3.63, 3.8) is 0 Å². The average molecular weight is 282 g/mol. The van der Waals surface area contributed by atoms with E-state index in [1.165, 1.54) is 12.1 Å². The minimum absolute atomic E-state index is 0.100. The monoisotopic (exact) mass is 282 g/mol. The number of amides is 2. The summed E-state index contributed by atoms with van der Waals surface area (Å²) in [6.45, 7) is 2.17. The molecule has 20 heavy (non-hydrogen) atoms. The minimum atomic E-state index is -0.839. The Hall–Kier alpha value is -2.11. The molecule has 0 bridgehead atoms. The van der Waals surface area contributed by atoms with Crippen LogP contribution in [0.2, 0.25) is 0 Å². The smallest absolute Gasteiger partial charge is 0.315 e. The second kappa shape index (κ2) is 8.14. The summed E-state index contributed by atoms with van der Waals surface area (Å²) in [5.41, 5.74) is 0.686. The molecule has 0 aliphatic rings. The van der Waals surface area contributed by atoms with E-state index in [-0.39, 0.29) is 24.3 Å². The Labute approximate surface area is 117 Å². The van der Waals surface area contributed by atoms with Gasteiger partial charge in [0.1, 0.15) is 5.82 Å². The number of carboxylic acids is 1. The number of urea groups is 1. The summed E-state index contributed by atoms with van der Waals surface area (Å²) in [5, 5.41) is 13.8. The van der Waals surface area contributed by atoms with Crippen LogP contribution in [0.15, 0.2) is 24.3 Å². The summed E-state index contributed by atoms with van der Waals surface area (Å²) in [5.74, 6) is -1.18. The van der Waals surface area contributed by atoms with Crippen molar-refractivity contribution in [3.05, 3.63) is 35.6 Å². The number of hydrogen-bond donors (Lipinski definition) is 3. The standard InChI is InChI=1S/C14H19FN2O3/c1-10(11-5-4-6-12(15)9-11)17-14(20)16-8-3-2-7-13(18)19/h4-6,9-10H,2-3,7-8H2,1H3,(H,18,19)(H2,16,17,20). The molecule has 0 aliphatic carbocycles. The van der Waals surface area contributed by atoms with Gasteiger partial charge in [-0.2, -0.15) is 0 Å². The largest absolute Gasteiger partial charge is 0.481 e. The number of carboxylic acid groups (broad SMARTS) is 1. The second-order valence-electron chi connectivity index (χ2n) is 4.53. The van der Waals surface area contributed by atoms with Gasteiger partial charge in [0.15, 0.2) is 0 Å². The van der Waals surface area contributed by atoms with Crippen LogP contribution in [0, 0.1) is 5.82 Å². The van der Waals surface area contributed by atoms with Gasteiger partial charge >= 0.3 is 12.0 Å². The van der Waals surface area contributed by atoms with Gasteiger partial charge < -0.3 is 15.7 Å². The highest BCUT2D eigenvalue weighted by atomic mass is 19.1. The van der Waals surface area contributed by atoms with Crippen molar-refractivity contribution >= 4 is 12.0 Å². The average Bonchev–Trinajstić information content (AvgIpc) is 2.37. The molecule has 6 heteroatoms. The van der Waals surface area contributed by atoms with Crippen molar-refractivity contribution in [2.24, 2.45) is 0 Å². The van der Waals surface area contributed by atoms with Crippen LogP contribution in [0.25, 0.3) is 0 Å². The maximum atomic E-state index is 13.0. The molecule has 0 saturated carbocycles. The number of halogens is 1. The molecule has 0 saturated heterocycles. The number of benzene rings is 1.